The first-order chi connectivity index (χ1) is 14.5. The lowest BCUT2D eigenvalue weighted by Gasteiger charge is -2.43. The number of benzene rings is 2. The van der Waals surface area contributed by atoms with E-state index in [-0.39, 0.29) is 5.92 Å². The number of hydrogen-bond acceptors (Lipinski definition) is 6. The van der Waals surface area contributed by atoms with Crippen LogP contribution in [0.1, 0.15) is 29.9 Å². The zero-order valence-electron chi connectivity index (χ0n) is 17.8. The van der Waals surface area contributed by atoms with E-state index in [1.54, 1.807) is 28.4 Å². The molecule has 30 heavy (non-hydrogen) atoms. The van der Waals surface area contributed by atoms with Crippen LogP contribution in [0.3, 0.4) is 0 Å². The van der Waals surface area contributed by atoms with Crippen molar-refractivity contribution in [3.05, 3.63) is 41.5 Å². The minimum atomic E-state index is -0.885. The largest absolute Gasteiger partial charge is 0.493 e. The van der Waals surface area contributed by atoms with Gasteiger partial charge in [-0.05, 0) is 71.0 Å². The third kappa shape index (κ3) is 2.63. The second-order valence-corrected chi connectivity index (χ2v) is 8.13. The Morgan fingerprint density at radius 2 is 1.40 bits per heavy atom. The number of hydrogen-bond donors (Lipinski definition) is 1. The van der Waals surface area contributed by atoms with Crippen LogP contribution in [0.2, 0.25) is 0 Å². The Labute approximate surface area is 176 Å². The Bertz CT molecular complexity index is 1050. The number of fused-ring (bicyclic) bond motifs is 7. The number of methoxy groups -OCH3 is 4. The Balaban J connectivity index is 1.82. The lowest BCUT2D eigenvalue weighted by molar-refractivity contribution is -0.0429. The molecule has 5 rings (SSSR count). The van der Waals surface area contributed by atoms with Crippen molar-refractivity contribution >= 4 is 5.57 Å². The molecule has 0 amide bonds. The molecule has 0 unspecified atom stereocenters. The van der Waals surface area contributed by atoms with Gasteiger partial charge in [0.1, 0.15) is 5.72 Å². The lowest BCUT2D eigenvalue weighted by Crippen LogP contribution is -2.48. The lowest BCUT2D eigenvalue weighted by atomic mass is 9.72. The normalized spacial score (nSPS) is 24.2. The maximum atomic E-state index is 11.3. The second-order valence-electron chi connectivity index (χ2n) is 8.13. The monoisotopic (exact) mass is 409 g/mol. The topological polar surface area (TPSA) is 60.4 Å². The summed E-state index contributed by atoms with van der Waals surface area (Å²) in [7, 11) is 6.60. The van der Waals surface area contributed by atoms with Gasteiger partial charge < -0.3 is 24.1 Å². The van der Waals surface area contributed by atoms with Crippen molar-refractivity contribution in [2.75, 3.05) is 41.5 Å². The first-order valence-corrected chi connectivity index (χ1v) is 10.3. The predicted octanol–water partition coefficient (Wildman–Crippen LogP) is 3.67. The Hall–Kier alpha value is -2.70. The van der Waals surface area contributed by atoms with Crippen molar-refractivity contribution in [1.82, 2.24) is 4.90 Å². The van der Waals surface area contributed by atoms with Gasteiger partial charge in [0.05, 0.1) is 28.4 Å². The van der Waals surface area contributed by atoms with E-state index in [0.717, 1.165) is 48.2 Å². The summed E-state index contributed by atoms with van der Waals surface area (Å²) in [5.74, 6) is 2.89. The molecule has 1 aliphatic carbocycles. The van der Waals surface area contributed by atoms with Crippen molar-refractivity contribution in [2.45, 2.75) is 24.5 Å². The number of nitrogens with zero attached hydrogens (tertiary/aromatic N) is 1. The van der Waals surface area contributed by atoms with Gasteiger partial charge in [0, 0.05) is 19.0 Å². The molecular formula is C24H27NO5. The highest BCUT2D eigenvalue weighted by Crippen LogP contribution is 2.55. The van der Waals surface area contributed by atoms with Crippen molar-refractivity contribution in [3.63, 3.8) is 0 Å². The zero-order valence-corrected chi connectivity index (χ0v) is 17.8. The van der Waals surface area contributed by atoms with Crippen LogP contribution in [0.5, 0.6) is 23.0 Å². The van der Waals surface area contributed by atoms with E-state index in [1.807, 2.05) is 18.2 Å². The van der Waals surface area contributed by atoms with E-state index >= 15 is 0 Å². The number of rotatable bonds is 4. The molecule has 1 fully saturated rings. The van der Waals surface area contributed by atoms with Crippen molar-refractivity contribution < 1.29 is 24.1 Å². The summed E-state index contributed by atoms with van der Waals surface area (Å²) < 4.78 is 22.4. The van der Waals surface area contributed by atoms with E-state index in [9.17, 15) is 5.11 Å². The first-order valence-electron chi connectivity index (χ1n) is 10.3. The van der Waals surface area contributed by atoms with Crippen LogP contribution < -0.4 is 18.9 Å². The summed E-state index contributed by atoms with van der Waals surface area (Å²) in [5.41, 5.74) is 4.62. The van der Waals surface area contributed by atoms with Gasteiger partial charge in [-0.15, -0.1) is 0 Å². The van der Waals surface area contributed by atoms with Gasteiger partial charge in [0.2, 0.25) is 0 Å². The molecule has 0 spiro atoms. The first kappa shape index (κ1) is 19.3. The summed E-state index contributed by atoms with van der Waals surface area (Å²) in [6, 6.07) is 8.16. The van der Waals surface area contributed by atoms with Gasteiger partial charge in [-0.25, -0.2) is 0 Å². The highest BCUT2D eigenvalue weighted by molar-refractivity contribution is 5.94. The fourth-order valence-electron chi connectivity index (χ4n) is 5.25. The summed E-state index contributed by atoms with van der Waals surface area (Å²) in [5, 5.41) is 11.3. The van der Waals surface area contributed by atoms with Crippen LogP contribution >= 0.6 is 0 Å². The van der Waals surface area contributed by atoms with Crippen LogP contribution in [0.4, 0.5) is 0 Å². The van der Waals surface area contributed by atoms with Gasteiger partial charge >= 0.3 is 0 Å². The Morgan fingerprint density at radius 3 is 2.03 bits per heavy atom. The van der Waals surface area contributed by atoms with Gasteiger partial charge in [0.15, 0.2) is 23.0 Å². The molecule has 3 aliphatic rings. The molecule has 2 atom stereocenters. The molecule has 6 heteroatoms. The van der Waals surface area contributed by atoms with Gasteiger partial charge in [-0.2, -0.15) is 0 Å². The summed E-state index contributed by atoms with van der Waals surface area (Å²) in [4.78, 5) is 2.19. The van der Waals surface area contributed by atoms with Crippen LogP contribution in [0.15, 0.2) is 30.3 Å². The summed E-state index contributed by atoms with van der Waals surface area (Å²) in [6.07, 6.45) is 3.80. The van der Waals surface area contributed by atoms with Gasteiger partial charge in [0.25, 0.3) is 0 Å². The molecule has 2 aromatic carbocycles. The van der Waals surface area contributed by atoms with E-state index in [0.29, 0.717) is 23.0 Å². The highest BCUT2D eigenvalue weighted by Gasteiger charge is 2.46. The van der Waals surface area contributed by atoms with Crippen LogP contribution in [0.25, 0.3) is 16.7 Å². The maximum absolute atomic E-state index is 11.3. The third-order valence-corrected chi connectivity index (χ3v) is 6.74. The minimum Gasteiger partial charge on any atom is -0.493 e. The van der Waals surface area contributed by atoms with E-state index in [4.69, 9.17) is 18.9 Å². The van der Waals surface area contributed by atoms with E-state index in [1.165, 1.54) is 5.56 Å². The molecule has 0 aromatic heterocycles. The van der Waals surface area contributed by atoms with Crippen LogP contribution in [-0.4, -0.2) is 57.3 Å². The van der Waals surface area contributed by atoms with Gasteiger partial charge in [-0.3, -0.25) is 4.90 Å². The molecule has 0 radical (unpaired) electrons. The molecule has 1 N–H and O–H groups in total. The zero-order chi connectivity index (χ0) is 21.0. The molecule has 6 nitrogen and oxygen atoms in total. The third-order valence-electron chi connectivity index (χ3n) is 6.74. The molecule has 2 aliphatic heterocycles. The predicted molar refractivity (Wildman–Crippen MR) is 115 cm³/mol. The molecule has 158 valence electrons. The molecule has 0 bridgehead atoms. The van der Waals surface area contributed by atoms with E-state index in [2.05, 4.69) is 17.0 Å². The number of ether oxygens (including phenoxy) is 4. The SMILES string of the molecule is COc1cc2c(cc1OC)-c1cc(OC)c(OC)cc1[C@H]1CN3CCC[C@@]3(O)C=C21. The van der Waals surface area contributed by atoms with Crippen LogP contribution in [-0.2, 0) is 0 Å². The van der Waals surface area contributed by atoms with E-state index < -0.39 is 5.72 Å². The maximum Gasteiger partial charge on any atom is 0.161 e. The fraction of sp³-hybridized carbons (Fsp3) is 0.417. The highest BCUT2D eigenvalue weighted by atomic mass is 16.5. The summed E-state index contributed by atoms with van der Waals surface area (Å²) >= 11 is 0. The molecule has 2 heterocycles. The fourth-order valence-corrected chi connectivity index (χ4v) is 5.25. The smallest absolute Gasteiger partial charge is 0.161 e. The minimum absolute atomic E-state index is 0.129. The Morgan fingerprint density at radius 1 is 0.833 bits per heavy atom. The quantitative estimate of drug-likeness (QED) is 0.832. The van der Waals surface area contributed by atoms with Gasteiger partial charge in [-0.1, -0.05) is 0 Å². The molecular weight excluding hydrogens is 382 g/mol. The standard InChI is InChI=1S/C24H27NO5/c1-27-20-8-14-15-9-21(28-2)23(30-4)11-17(15)19-13-25-7-5-6-24(25,26)12-18(19)16(14)10-22(20)29-3/h8-12,19,26H,5-7,13H2,1-4H3/t19-,24-/m1/s1. The summed E-state index contributed by atoms with van der Waals surface area (Å²) in [6.45, 7) is 1.66. The van der Waals surface area contributed by atoms with Crippen molar-refractivity contribution in [3.8, 4) is 34.1 Å². The van der Waals surface area contributed by atoms with Crippen molar-refractivity contribution in [2.24, 2.45) is 0 Å². The average molecular weight is 409 g/mol. The van der Waals surface area contributed by atoms with Crippen molar-refractivity contribution in [1.29, 1.82) is 0 Å². The second kappa shape index (κ2) is 6.93. The molecule has 2 aromatic rings. The Kier molecular flexibility index (Phi) is 4.45. The molecule has 1 saturated heterocycles. The molecule has 0 saturated carbocycles. The number of aliphatic hydroxyl groups is 1. The van der Waals surface area contributed by atoms with Crippen LogP contribution in [0, 0.1) is 0 Å². The average Bonchev–Trinajstić information content (AvgIpc) is 3.16.